The Morgan fingerprint density at radius 1 is 1.53 bits per heavy atom. The molecule has 3 heteroatoms. The lowest BCUT2D eigenvalue weighted by atomic mass is 10.2. The monoisotopic (exact) mass is 203 g/mol. The minimum absolute atomic E-state index is 0.301. The Bertz CT molecular complexity index is 392. The van der Waals surface area contributed by atoms with Gasteiger partial charge in [0.15, 0.2) is 0 Å². The van der Waals surface area contributed by atoms with Gasteiger partial charge in [-0.2, -0.15) is 0 Å². The Labute approximate surface area is 89.1 Å². The van der Waals surface area contributed by atoms with Gasteiger partial charge in [-0.25, -0.2) is 9.79 Å². The van der Waals surface area contributed by atoms with Crippen LogP contribution in [-0.2, 0) is 11.3 Å². The zero-order chi connectivity index (χ0) is 11.1. The Balaban J connectivity index is 2.76. The molecule has 0 heterocycles. The Morgan fingerprint density at radius 2 is 2.27 bits per heavy atom. The predicted molar refractivity (Wildman–Crippen MR) is 58.6 cm³/mol. The van der Waals surface area contributed by atoms with Crippen molar-refractivity contribution in [1.82, 2.24) is 0 Å². The van der Waals surface area contributed by atoms with E-state index in [4.69, 9.17) is 4.74 Å². The quantitative estimate of drug-likeness (QED) is 0.419. The molecule has 15 heavy (non-hydrogen) atoms. The van der Waals surface area contributed by atoms with Gasteiger partial charge >= 0.3 is 0 Å². The molecule has 1 aromatic rings. The summed E-state index contributed by atoms with van der Waals surface area (Å²) in [5.41, 5.74) is 1.82. The van der Waals surface area contributed by atoms with Gasteiger partial charge in [0.25, 0.3) is 0 Å². The molecule has 0 bridgehead atoms. The number of nitrogens with zero attached hydrogens (tertiary/aromatic N) is 1. The van der Waals surface area contributed by atoms with Gasteiger partial charge in [-0.15, -0.1) is 0 Å². The fraction of sp³-hybridized carbons (Fsp3) is 0.250. The lowest BCUT2D eigenvalue weighted by Gasteiger charge is -2.09. The van der Waals surface area contributed by atoms with Gasteiger partial charge in [0.2, 0.25) is 6.08 Å². The Hall–Kier alpha value is -1.86. The van der Waals surface area contributed by atoms with E-state index in [1.54, 1.807) is 0 Å². The summed E-state index contributed by atoms with van der Waals surface area (Å²) in [6.07, 6.45) is 1.51. The van der Waals surface area contributed by atoms with E-state index in [1.165, 1.54) is 6.08 Å². The molecule has 0 aromatic heterocycles. The van der Waals surface area contributed by atoms with Crippen LogP contribution in [0.1, 0.15) is 12.5 Å². The van der Waals surface area contributed by atoms with Gasteiger partial charge in [0.05, 0.1) is 6.54 Å². The van der Waals surface area contributed by atoms with Crippen molar-refractivity contribution in [2.75, 3.05) is 6.61 Å². The second-order valence-electron chi connectivity index (χ2n) is 3.26. The summed E-state index contributed by atoms with van der Waals surface area (Å²) in [6, 6.07) is 7.47. The van der Waals surface area contributed by atoms with E-state index in [1.807, 2.05) is 31.2 Å². The molecule has 0 atom stereocenters. The number of carbonyl (C=O) groups excluding carboxylic acids is 1. The molecule has 0 unspecified atom stereocenters. The van der Waals surface area contributed by atoms with Crippen molar-refractivity contribution >= 4 is 6.08 Å². The van der Waals surface area contributed by atoms with Crippen LogP contribution in [0, 0.1) is 0 Å². The molecular weight excluding hydrogens is 190 g/mol. The summed E-state index contributed by atoms with van der Waals surface area (Å²) in [7, 11) is 0. The van der Waals surface area contributed by atoms with Crippen LogP contribution < -0.4 is 4.74 Å². The molecule has 0 aliphatic carbocycles. The van der Waals surface area contributed by atoms with E-state index in [9.17, 15) is 4.79 Å². The predicted octanol–water partition coefficient (Wildman–Crippen LogP) is 2.48. The van der Waals surface area contributed by atoms with E-state index >= 15 is 0 Å². The first-order chi connectivity index (χ1) is 7.24. The minimum Gasteiger partial charge on any atom is -0.489 e. The summed E-state index contributed by atoms with van der Waals surface area (Å²) in [5, 5.41) is 0. The number of hydrogen-bond acceptors (Lipinski definition) is 3. The molecule has 0 N–H and O–H groups in total. The molecule has 1 rings (SSSR count). The summed E-state index contributed by atoms with van der Waals surface area (Å²) >= 11 is 0. The average Bonchev–Trinajstić information content (AvgIpc) is 2.24. The SMILES string of the molecule is C=C(C)COc1ccccc1CN=C=O. The summed E-state index contributed by atoms with van der Waals surface area (Å²) in [6.45, 7) is 6.42. The third-order valence-corrected chi connectivity index (χ3v) is 1.76. The topological polar surface area (TPSA) is 38.7 Å². The second-order valence-corrected chi connectivity index (χ2v) is 3.26. The third-order valence-electron chi connectivity index (χ3n) is 1.76. The fourth-order valence-corrected chi connectivity index (χ4v) is 1.09. The molecule has 0 fully saturated rings. The molecule has 0 radical (unpaired) electrons. The van der Waals surface area contributed by atoms with Gasteiger partial charge in [-0.1, -0.05) is 24.8 Å². The first kappa shape index (κ1) is 11.2. The second kappa shape index (κ2) is 5.78. The van der Waals surface area contributed by atoms with E-state index < -0.39 is 0 Å². The summed E-state index contributed by atoms with van der Waals surface area (Å²) in [5.74, 6) is 0.736. The molecule has 78 valence electrons. The van der Waals surface area contributed by atoms with E-state index in [-0.39, 0.29) is 0 Å². The minimum atomic E-state index is 0.301. The Morgan fingerprint density at radius 3 is 2.93 bits per heavy atom. The van der Waals surface area contributed by atoms with Crippen LogP contribution >= 0.6 is 0 Å². The smallest absolute Gasteiger partial charge is 0.235 e. The Kier molecular flexibility index (Phi) is 4.32. The normalized spacial score (nSPS) is 9.13. The van der Waals surface area contributed by atoms with Crippen molar-refractivity contribution in [3.05, 3.63) is 42.0 Å². The van der Waals surface area contributed by atoms with E-state index in [0.29, 0.717) is 13.2 Å². The van der Waals surface area contributed by atoms with Crippen LogP contribution in [-0.4, -0.2) is 12.7 Å². The van der Waals surface area contributed by atoms with Crippen molar-refractivity contribution < 1.29 is 9.53 Å². The number of aliphatic imine (C=N–C) groups is 1. The maximum atomic E-state index is 10.0. The first-order valence-electron chi connectivity index (χ1n) is 4.62. The van der Waals surface area contributed by atoms with Crippen LogP contribution in [0.15, 0.2) is 41.4 Å². The van der Waals surface area contributed by atoms with Crippen molar-refractivity contribution in [1.29, 1.82) is 0 Å². The maximum absolute atomic E-state index is 10.0. The lowest BCUT2D eigenvalue weighted by molar-refractivity contribution is 0.349. The van der Waals surface area contributed by atoms with Gasteiger partial charge in [-0.3, -0.25) is 0 Å². The molecular formula is C12H13NO2. The van der Waals surface area contributed by atoms with E-state index in [0.717, 1.165) is 16.9 Å². The third kappa shape index (κ3) is 3.79. The summed E-state index contributed by atoms with van der Waals surface area (Å²) in [4.78, 5) is 13.5. The van der Waals surface area contributed by atoms with Gasteiger partial charge in [-0.05, 0) is 18.6 Å². The molecule has 3 nitrogen and oxygen atoms in total. The zero-order valence-electron chi connectivity index (χ0n) is 8.69. The molecule has 0 saturated carbocycles. The van der Waals surface area contributed by atoms with Gasteiger partial charge in [0.1, 0.15) is 12.4 Å². The van der Waals surface area contributed by atoms with Crippen molar-refractivity contribution in [3.63, 3.8) is 0 Å². The van der Waals surface area contributed by atoms with Crippen LogP contribution in [0.2, 0.25) is 0 Å². The number of benzene rings is 1. The number of hydrogen-bond donors (Lipinski definition) is 0. The number of ether oxygens (including phenoxy) is 1. The average molecular weight is 203 g/mol. The number of rotatable bonds is 5. The van der Waals surface area contributed by atoms with Crippen molar-refractivity contribution in [2.24, 2.45) is 4.99 Å². The first-order valence-corrected chi connectivity index (χ1v) is 4.62. The van der Waals surface area contributed by atoms with Gasteiger partial charge < -0.3 is 4.74 Å². The number of para-hydroxylation sites is 1. The number of isocyanates is 1. The molecule has 1 aromatic carbocycles. The van der Waals surface area contributed by atoms with Crippen LogP contribution in [0.3, 0.4) is 0 Å². The highest BCUT2D eigenvalue weighted by Gasteiger charge is 2.01. The fourth-order valence-electron chi connectivity index (χ4n) is 1.09. The highest BCUT2D eigenvalue weighted by molar-refractivity contribution is 5.37. The lowest BCUT2D eigenvalue weighted by Crippen LogP contribution is -2.00. The molecule has 0 aliphatic rings. The molecule has 0 spiro atoms. The molecule has 0 amide bonds. The summed E-state index contributed by atoms with van der Waals surface area (Å²) < 4.78 is 5.51. The van der Waals surface area contributed by atoms with Crippen LogP contribution in [0.4, 0.5) is 0 Å². The van der Waals surface area contributed by atoms with Crippen molar-refractivity contribution in [2.45, 2.75) is 13.5 Å². The standard InChI is InChI=1S/C12H13NO2/c1-10(2)8-15-12-6-4-3-5-11(12)7-13-9-14/h3-6H,1,7-8H2,2H3. The molecule has 0 saturated heterocycles. The zero-order valence-corrected chi connectivity index (χ0v) is 8.69. The molecule has 0 aliphatic heterocycles. The van der Waals surface area contributed by atoms with E-state index in [2.05, 4.69) is 11.6 Å². The van der Waals surface area contributed by atoms with Crippen LogP contribution in [0.25, 0.3) is 0 Å². The largest absolute Gasteiger partial charge is 0.489 e. The maximum Gasteiger partial charge on any atom is 0.235 e. The van der Waals surface area contributed by atoms with Crippen molar-refractivity contribution in [3.8, 4) is 5.75 Å². The van der Waals surface area contributed by atoms with Crippen LogP contribution in [0.5, 0.6) is 5.75 Å². The highest BCUT2D eigenvalue weighted by Crippen LogP contribution is 2.19. The van der Waals surface area contributed by atoms with Gasteiger partial charge in [0, 0.05) is 5.56 Å². The highest BCUT2D eigenvalue weighted by atomic mass is 16.5.